The van der Waals surface area contributed by atoms with Crippen LogP contribution in [0.15, 0.2) is 42.5 Å². The first-order valence-corrected chi connectivity index (χ1v) is 6.81. The summed E-state index contributed by atoms with van der Waals surface area (Å²) in [5, 5.41) is -1.27. The van der Waals surface area contributed by atoms with Gasteiger partial charge in [-0.25, -0.2) is 4.79 Å². The predicted octanol–water partition coefficient (Wildman–Crippen LogP) is 1.73. The molecule has 6 heteroatoms. The molecule has 1 unspecified atom stereocenters. The van der Waals surface area contributed by atoms with E-state index in [1.54, 1.807) is 37.3 Å². The van der Waals surface area contributed by atoms with Gasteiger partial charge in [0.1, 0.15) is 5.25 Å². The van der Waals surface area contributed by atoms with Gasteiger partial charge in [0.05, 0.1) is 6.61 Å². The van der Waals surface area contributed by atoms with E-state index in [1.165, 1.54) is 0 Å². The molecule has 1 atom stereocenters. The third-order valence-corrected chi connectivity index (χ3v) is 3.21. The number of hydrogen-bond donors (Lipinski definition) is 1. The minimum absolute atomic E-state index is 0.199. The van der Waals surface area contributed by atoms with E-state index in [2.05, 4.69) is 4.74 Å². The summed E-state index contributed by atoms with van der Waals surface area (Å²) < 4.78 is 36.3. The first-order chi connectivity index (χ1) is 8.45. The molecule has 0 heterocycles. The zero-order valence-corrected chi connectivity index (χ0v) is 10.6. The van der Waals surface area contributed by atoms with Crippen molar-refractivity contribution in [3.8, 4) is 0 Å². The van der Waals surface area contributed by atoms with E-state index in [0.717, 1.165) is 12.2 Å². The van der Waals surface area contributed by atoms with E-state index in [-0.39, 0.29) is 6.61 Å². The van der Waals surface area contributed by atoms with Gasteiger partial charge in [0, 0.05) is 6.08 Å². The molecule has 0 saturated heterocycles. The second kappa shape index (κ2) is 6.32. The largest absolute Gasteiger partial charge is 0.463 e. The normalized spacial score (nSPS) is 13.4. The predicted molar refractivity (Wildman–Crippen MR) is 66.5 cm³/mol. The van der Waals surface area contributed by atoms with Crippen molar-refractivity contribution in [3.63, 3.8) is 0 Å². The summed E-state index contributed by atoms with van der Waals surface area (Å²) in [5.74, 6) is -0.651. The Kier molecular flexibility index (Phi) is 5.06. The van der Waals surface area contributed by atoms with E-state index in [4.69, 9.17) is 4.55 Å². The van der Waals surface area contributed by atoms with Crippen LogP contribution in [0.25, 0.3) is 0 Å². The fraction of sp³-hybridized carbons (Fsp3) is 0.250. The smallest absolute Gasteiger partial charge is 0.330 e. The molecular weight excluding hydrogens is 256 g/mol. The van der Waals surface area contributed by atoms with Gasteiger partial charge in [0.25, 0.3) is 10.1 Å². The molecule has 0 radical (unpaired) electrons. The van der Waals surface area contributed by atoms with E-state index in [0.29, 0.717) is 5.56 Å². The van der Waals surface area contributed by atoms with Crippen LogP contribution in [0.2, 0.25) is 0 Å². The Morgan fingerprint density at radius 1 is 1.39 bits per heavy atom. The number of esters is 1. The third-order valence-electron chi connectivity index (χ3n) is 2.14. The van der Waals surface area contributed by atoms with Crippen LogP contribution in [0.4, 0.5) is 0 Å². The van der Waals surface area contributed by atoms with Crippen molar-refractivity contribution in [1.29, 1.82) is 0 Å². The van der Waals surface area contributed by atoms with Crippen molar-refractivity contribution in [2.45, 2.75) is 12.2 Å². The molecule has 1 aromatic rings. The highest BCUT2D eigenvalue weighted by Crippen LogP contribution is 2.22. The Balaban J connectivity index is 2.99. The van der Waals surface area contributed by atoms with Crippen molar-refractivity contribution in [1.82, 2.24) is 0 Å². The van der Waals surface area contributed by atoms with Gasteiger partial charge in [-0.3, -0.25) is 4.55 Å². The lowest BCUT2D eigenvalue weighted by molar-refractivity contribution is -0.137. The van der Waals surface area contributed by atoms with Gasteiger partial charge >= 0.3 is 5.97 Å². The van der Waals surface area contributed by atoms with E-state index in [1.807, 2.05) is 0 Å². The maximum Gasteiger partial charge on any atom is 0.330 e. The van der Waals surface area contributed by atoms with Crippen molar-refractivity contribution in [2.24, 2.45) is 0 Å². The Bertz CT molecular complexity index is 519. The average molecular weight is 270 g/mol. The highest BCUT2D eigenvalue weighted by Gasteiger charge is 2.22. The molecule has 0 aliphatic carbocycles. The van der Waals surface area contributed by atoms with Crippen LogP contribution in [0.5, 0.6) is 0 Å². The number of benzene rings is 1. The second-order valence-corrected chi connectivity index (χ2v) is 5.00. The van der Waals surface area contributed by atoms with Crippen LogP contribution in [-0.2, 0) is 19.6 Å². The molecule has 0 spiro atoms. The number of ether oxygens (including phenoxy) is 1. The summed E-state index contributed by atoms with van der Waals surface area (Å²) in [5.41, 5.74) is 0.376. The fourth-order valence-corrected chi connectivity index (χ4v) is 2.16. The molecule has 0 aliphatic heterocycles. The van der Waals surface area contributed by atoms with Gasteiger partial charge in [-0.05, 0) is 12.5 Å². The van der Waals surface area contributed by atoms with Gasteiger partial charge in [-0.15, -0.1) is 0 Å². The topological polar surface area (TPSA) is 80.7 Å². The molecule has 1 rings (SSSR count). The summed E-state index contributed by atoms with van der Waals surface area (Å²) in [4.78, 5) is 11.1. The van der Waals surface area contributed by atoms with Crippen LogP contribution in [0.3, 0.4) is 0 Å². The minimum atomic E-state index is -4.32. The summed E-state index contributed by atoms with van der Waals surface area (Å²) in [6.45, 7) is 1.84. The molecule has 0 fully saturated rings. The Labute approximate surface area is 106 Å². The van der Waals surface area contributed by atoms with Crippen molar-refractivity contribution in [2.75, 3.05) is 6.61 Å². The van der Waals surface area contributed by atoms with Gasteiger partial charge in [-0.1, -0.05) is 36.4 Å². The summed E-state index contributed by atoms with van der Waals surface area (Å²) in [6.07, 6.45) is 2.09. The fourth-order valence-electron chi connectivity index (χ4n) is 1.38. The van der Waals surface area contributed by atoms with Gasteiger partial charge < -0.3 is 4.74 Å². The molecule has 5 nitrogen and oxygen atoms in total. The summed E-state index contributed by atoms with van der Waals surface area (Å²) in [6, 6.07) is 8.11. The quantitative estimate of drug-likeness (QED) is 0.500. The zero-order valence-electron chi connectivity index (χ0n) is 9.81. The first-order valence-electron chi connectivity index (χ1n) is 5.31. The monoisotopic (exact) mass is 270 g/mol. The van der Waals surface area contributed by atoms with Crippen LogP contribution in [0.1, 0.15) is 17.7 Å². The minimum Gasteiger partial charge on any atom is -0.463 e. The lowest BCUT2D eigenvalue weighted by Gasteiger charge is -2.09. The van der Waals surface area contributed by atoms with Crippen LogP contribution < -0.4 is 0 Å². The standard InChI is InChI=1S/C12H14O5S/c1-2-17-12(13)9-8-11(18(14,15)16)10-6-4-3-5-7-10/h3-9,11H,2H2,1H3,(H,14,15,16). The van der Waals surface area contributed by atoms with E-state index >= 15 is 0 Å². The average Bonchev–Trinajstić information content (AvgIpc) is 2.29. The molecule has 18 heavy (non-hydrogen) atoms. The number of carbonyl (C=O) groups excluding carboxylic acids is 1. The van der Waals surface area contributed by atoms with Crippen LogP contribution in [-0.4, -0.2) is 25.5 Å². The number of rotatable bonds is 5. The second-order valence-electron chi connectivity index (χ2n) is 3.46. The number of hydrogen-bond acceptors (Lipinski definition) is 4. The molecule has 0 amide bonds. The molecule has 0 bridgehead atoms. The van der Waals surface area contributed by atoms with Gasteiger partial charge in [0.15, 0.2) is 0 Å². The Morgan fingerprint density at radius 3 is 2.50 bits per heavy atom. The maximum atomic E-state index is 11.3. The van der Waals surface area contributed by atoms with Gasteiger partial charge in [-0.2, -0.15) is 8.42 Å². The Hall–Kier alpha value is -1.66. The van der Waals surface area contributed by atoms with E-state index in [9.17, 15) is 13.2 Å². The highest BCUT2D eigenvalue weighted by atomic mass is 32.2. The molecule has 1 aromatic carbocycles. The molecule has 98 valence electrons. The molecule has 0 aliphatic rings. The van der Waals surface area contributed by atoms with Crippen molar-refractivity contribution in [3.05, 3.63) is 48.0 Å². The lowest BCUT2D eigenvalue weighted by atomic mass is 10.1. The summed E-state index contributed by atoms with van der Waals surface area (Å²) >= 11 is 0. The highest BCUT2D eigenvalue weighted by molar-refractivity contribution is 7.86. The molecule has 0 saturated carbocycles. The van der Waals surface area contributed by atoms with Crippen molar-refractivity contribution >= 4 is 16.1 Å². The molecular formula is C12H14O5S. The zero-order chi connectivity index (χ0) is 13.6. The van der Waals surface area contributed by atoms with Crippen molar-refractivity contribution < 1.29 is 22.5 Å². The van der Waals surface area contributed by atoms with Crippen LogP contribution in [0, 0.1) is 0 Å². The third kappa shape index (κ3) is 4.31. The van der Waals surface area contributed by atoms with Gasteiger partial charge in [0.2, 0.25) is 0 Å². The van der Waals surface area contributed by atoms with Crippen LogP contribution >= 0.6 is 0 Å². The molecule has 1 N–H and O–H groups in total. The molecule has 0 aromatic heterocycles. The Morgan fingerprint density at radius 2 is 2.00 bits per heavy atom. The summed E-state index contributed by atoms with van der Waals surface area (Å²) in [7, 11) is -4.32. The van der Waals surface area contributed by atoms with E-state index < -0.39 is 21.3 Å². The first kappa shape index (κ1) is 14.4. The maximum absolute atomic E-state index is 11.3. The number of carbonyl (C=O) groups is 1. The lowest BCUT2D eigenvalue weighted by Crippen LogP contribution is -2.10. The SMILES string of the molecule is CCOC(=O)C=CC(c1ccccc1)S(=O)(=O)O.